The van der Waals surface area contributed by atoms with Crippen molar-refractivity contribution < 1.29 is 47.2 Å². The highest BCUT2D eigenvalue weighted by molar-refractivity contribution is 6.30. The molecule has 2 unspecified atom stereocenters. The molecule has 0 saturated carbocycles. The van der Waals surface area contributed by atoms with Crippen molar-refractivity contribution in [3.8, 4) is 39.8 Å². The molecular weight excluding hydrogens is 845 g/mol. The Hall–Kier alpha value is -6.40. The third-order valence-electron chi connectivity index (χ3n) is 10.1. The van der Waals surface area contributed by atoms with E-state index in [-0.39, 0.29) is 25.2 Å². The van der Waals surface area contributed by atoms with Gasteiger partial charge in [0.1, 0.15) is 29.5 Å². The van der Waals surface area contributed by atoms with E-state index in [9.17, 15) is 22.8 Å². The second kappa shape index (κ2) is 23.9. The summed E-state index contributed by atoms with van der Waals surface area (Å²) in [5.41, 5.74) is 5.65. The Morgan fingerprint density at radius 2 is 1.19 bits per heavy atom. The monoisotopic (exact) mass is 896 g/mol. The number of pyridine rings is 2. The van der Waals surface area contributed by atoms with Crippen LogP contribution in [-0.2, 0) is 22.2 Å². The molecule has 4 aromatic carbocycles. The van der Waals surface area contributed by atoms with Crippen LogP contribution in [0, 0.1) is 6.92 Å². The van der Waals surface area contributed by atoms with Gasteiger partial charge < -0.3 is 24.4 Å². The highest BCUT2D eigenvalue weighted by Gasteiger charge is 2.30. The Bertz CT molecular complexity index is 2410. The van der Waals surface area contributed by atoms with Crippen LogP contribution in [0.2, 0.25) is 5.02 Å². The predicted octanol–water partition coefficient (Wildman–Crippen LogP) is 13.6. The van der Waals surface area contributed by atoms with Gasteiger partial charge in [0, 0.05) is 22.6 Å². The number of hydrogen-bond acceptors (Lipinski definition) is 7. The minimum atomic E-state index is -4.38. The van der Waals surface area contributed by atoms with Gasteiger partial charge in [-0.15, -0.1) is 0 Å². The third kappa shape index (κ3) is 15.1. The number of carboxylic acids is 2. The van der Waals surface area contributed by atoms with E-state index in [1.165, 1.54) is 12.1 Å². The first-order valence-corrected chi connectivity index (χ1v) is 21.6. The van der Waals surface area contributed by atoms with Crippen LogP contribution in [0.3, 0.4) is 0 Å². The maximum atomic E-state index is 12.9. The predicted molar refractivity (Wildman–Crippen MR) is 242 cm³/mol. The lowest BCUT2D eigenvalue weighted by Gasteiger charge is -2.20. The standard InChI is InChI=1S/C26H26F3NO3.C25H26ClNO4/c1-2-3-7-24(33-21-15-8-18(9-16-21)10-17-25(31)32)23-6-4-5-22(30-23)19-11-13-20(14-12-19)26(27,28)29;1-3-4-8-24(31-20-13-14-23(17(2)15-20)30-16-25(28)29)22-7-5-6-21(27-22)18-9-11-19(26)12-10-18/h4-6,8-9,11-16,24H,2-3,7,10,17H2,1H3,(H,31,32);5-7,9-15,24H,3-4,8,16H2,1-2H3,(H,28,29). The van der Waals surface area contributed by atoms with Crippen LogP contribution in [0.5, 0.6) is 17.2 Å². The molecule has 0 radical (unpaired) electrons. The maximum Gasteiger partial charge on any atom is 0.416 e. The molecule has 0 aliphatic carbocycles. The van der Waals surface area contributed by atoms with E-state index in [1.54, 1.807) is 18.2 Å². The first kappa shape index (κ1) is 48.6. The number of rotatable bonds is 20. The molecule has 6 aromatic rings. The lowest BCUT2D eigenvalue weighted by Crippen LogP contribution is -2.11. The molecule has 13 heteroatoms. The second-order valence-electron chi connectivity index (χ2n) is 15.1. The summed E-state index contributed by atoms with van der Waals surface area (Å²) in [5.74, 6) is 0.0274. The van der Waals surface area contributed by atoms with Crippen LogP contribution in [0.15, 0.2) is 127 Å². The Labute approximate surface area is 376 Å². The van der Waals surface area contributed by atoms with E-state index < -0.39 is 23.7 Å². The Morgan fingerprint density at radius 3 is 1.67 bits per heavy atom. The molecule has 64 heavy (non-hydrogen) atoms. The molecule has 2 heterocycles. The summed E-state index contributed by atoms with van der Waals surface area (Å²) < 4.78 is 56.4. The van der Waals surface area contributed by atoms with E-state index in [1.807, 2.05) is 91.9 Å². The molecule has 6 rings (SSSR count). The van der Waals surface area contributed by atoms with Gasteiger partial charge in [-0.25, -0.2) is 14.8 Å². The number of aryl methyl sites for hydroxylation is 2. The summed E-state index contributed by atoms with van der Waals surface area (Å²) in [6.07, 6.45) is 1.17. The SMILES string of the molecule is CCCCC(Oc1ccc(CCC(=O)O)cc1)c1cccc(-c2ccc(C(F)(F)F)cc2)n1.CCCCC(Oc1ccc(OCC(=O)O)c(C)c1)c1cccc(-c2ccc(Cl)cc2)n1. The topological polar surface area (TPSA) is 128 Å². The molecule has 0 fully saturated rings. The summed E-state index contributed by atoms with van der Waals surface area (Å²) in [5, 5.41) is 18.3. The van der Waals surface area contributed by atoms with E-state index in [0.29, 0.717) is 45.6 Å². The van der Waals surface area contributed by atoms with Gasteiger partial charge in [-0.3, -0.25) is 4.79 Å². The lowest BCUT2D eigenvalue weighted by atomic mass is 10.1. The largest absolute Gasteiger partial charge is 0.484 e. The molecule has 0 aliphatic heterocycles. The summed E-state index contributed by atoms with van der Waals surface area (Å²) in [6.45, 7) is 5.72. The van der Waals surface area contributed by atoms with Crippen LogP contribution >= 0.6 is 11.6 Å². The molecule has 2 atom stereocenters. The summed E-state index contributed by atoms with van der Waals surface area (Å²) in [4.78, 5) is 31.0. The van der Waals surface area contributed by atoms with Crippen molar-refractivity contribution in [3.05, 3.63) is 160 Å². The molecule has 0 amide bonds. The Kier molecular flexibility index (Phi) is 18.1. The van der Waals surface area contributed by atoms with Gasteiger partial charge in [-0.1, -0.05) is 86.8 Å². The molecule has 9 nitrogen and oxygen atoms in total. The lowest BCUT2D eigenvalue weighted by molar-refractivity contribution is -0.139. The molecule has 336 valence electrons. The number of nitrogens with zero attached hydrogens (tertiary/aromatic N) is 2. The first-order chi connectivity index (χ1) is 30.7. The van der Waals surface area contributed by atoms with Crippen molar-refractivity contribution in [2.75, 3.05) is 6.61 Å². The smallest absolute Gasteiger partial charge is 0.416 e. The van der Waals surface area contributed by atoms with Gasteiger partial charge in [0.25, 0.3) is 0 Å². The maximum absolute atomic E-state index is 12.9. The minimum Gasteiger partial charge on any atom is -0.484 e. The molecule has 0 bridgehead atoms. The fourth-order valence-electron chi connectivity index (χ4n) is 6.66. The Morgan fingerprint density at radius 1 is 0.672 bits per heavy atom. The van der Waals surface area contributed by atoms with Crippen LogP contribution in [-0.4, -0.2) is 38.7 Å². The van der Waals surface area contributed by atoms with Crippen molar-refractivity contribution in [2.24, 2.45) is 0 Å². The molecule has 0 spiro atoms. The minimum absolute atomic E-state index is 0.0694. The Balaban J connectivity index is 0.000000241. The van der Waals surface area contributed by atoms with Gasteiger partial charge in [0.05, 0.1) is 28.3 Å². The van der Waals surface area contributed by atoms with E-state index in [2.05, 4.69) is 18.8 Å². The van der Waals surface area contributed by atoms with Gasteiger partial charge >= 0.3 is 18.1 Å². The number of carbonyl (C=O) groups is 2. The van der Waals surface area contributed by atoms with E-state index in [4.69, 9.17) is 41.0 Å². The highest BCUT2D eigenvalue weighted by atomic mass is 35.5. The van der Waals surface area contributed by atoms with Gasteiger partial charge in [0.15, 0.2) is 6.61 Å². The zero-order valence-corrected chi connectivity index (χ0v) is 36.7. The number of aliphatic carboxylic acids is 2. The highest BCUT2D eigenvalue weighted by Crippen LogP contribution is 2.33. The number of ether oxygens (including phenoxy) is 3. The molecule has 0 aliphatic rings. The van der Waals surface area contributed by atoms with E-state index >= 15 is 0 Å². The number of hydrogen-bond donors (Lipinski definition) is 2. The van der Waals surface area contributed by atoms with E-state index in [0.717, 1.165) is 78.7 Å². The van der Waals surface area contributed by atoms with Gasteiger partial charge in [-0.05, 0) is 129 Å². The number of halogens is 4. The quantitative estimate of drug-likeness (QED) is 0.0769. The number of carboxylic acid groups (broad SMARTS) is 2. The van der Waals surface area contributed by atoms with Gasteiger partial charge in [0.2, 0.25) is 0 Å². The van der Waals surface area contributed by atoms with Crippen molar-refractivity contribution in [1.82, 2.24) is 9.97 Å². The van der Waals surface area contributed by atoms with Crippen molar-refractivity contribution in [3.63, 3.8) is 0 Å². The molecule has 2 N–H and O–H groups in total. The average Bonchev–Trinajstić information content (AvgIpc) is 3.29. The van der Waals surface area contributed by atoms with Crippen LogP contribution in [0.4, 0.5) is 13.2 Å². The molecule has 2 aromatic heterocycles. The number of benzene rings is 4. The third-order valence-corrected chi connectivity index (χ3v) is 10.3. The van der Waals surface area contributed by atoms with Crippen LogP contribution < -0.4 is 14.2 Å². The summed E-state index contributed by atoms with van der Waals surface area (Å²) >= 11 is 6.01. The number of alkyl halides is 3. The summed E-state index contributed by atoms with van der Waals surface area (Å²) in [6, 6.07) is 36.7. The van der Waals surface area contributed by atoms with Crippen molar-refractivity contribution in [2.45, 2.75) is 90.5 Å². The zero-order valence-electron chi connectivity index (χ0n) is 36.0. The first-order valence-electron chi connectivity index (χ1n) is 21.2. The van der Waals surface area contributed by atoms with Crippen LogP contribution in [0.25, 0.3) is 22.5 Å². The van der Waals surface area contributed by atoms with Crippen molar-refractivity contribution >= 4 is 23.5 Å². The molecular formula is C51H52ClF3N2O7. The second-order valence-corrected chi connectivity index (χ2v) is 15.6. The van der Waals surface area contributed by atoms with Crippen molar-refractivity contribution in [1.29, 1.82) is 0 Å². The van der Waals surface area contributed by atoms with Crippen LogP contribution in [0.1, 0.15) is 99.1 Å². The fourth-order valence-corrected chi connectivity index (χ4v) is 6.78. The fraction of sp³-hybridized carbons (Fsp3) is 0.294. The molecule has 0 saturated heterocycles. The average molecular weight is 897 g/mol. The van der Waals surface area contributed by atoms with Gasteiger partial charge in [-0.2, -0.15) is 13.2 Å². The number of aromatic nitrogens is 2. The summed E-state index contributed by atoms with van der Waals surface area (Å²) in [7, 11) is 0. The number of unbranched alkanes of at least 4 members (excludes halogenated alkanes) is 2. The zero-order chi connectivity index (χ0) is 46.1. The normalized spacial score (nSPS) is 12.0.